The van der Waals surface area contributed by atoms with Crippen LogP contribution in [0.4, 0.5) is 0 Å². The van der Waals surface area contributed by atoms with E-state index in [0.29, 0.717) is 11.5 Å². The van der Waals surface area contributed by atoms with Crippen molar-refractivity contribution in [2.24, 2.45) is 10.4 Å². The minimum absolute atomic E-state index is 0. The number of nitrogens with one attached hydrogen (secondary N) is 2. The second-order valence-corrected chi connectivity index (χ2v) is 8.38. The van der Waals surface area contributed by atoms with Gasteiger partial charge in [0.25, 0.3) is 0 Å². The maximum absolute atomic E-state index is 4.41. The van der Waals surface area contributed by atoms with Gasteiger partial charge >= 0.3 is 0 Å². The molecule has 4 nitrogen and oxygen atoms in total. The number of guanidine groups is 1. The highest BCUT2D eigenvalue weighted by atomic mass is 127. The van der Waals surface area contributed by atoms with Crippen molar-refractivity contribution in [1.29, 1.82) is 0 Å². The van der Waals surface area contributed by atoms with Crippen LogP contribution in [0.5, 0.6) is 0 Å². The average molecular weight is 436 g/mol. The zero-order valence-corrected chi connectivity index (χ0v) is 18.0. The molecule has 0 saturated carbocycles. The largest absolute Gasteiger partial charge is 0.356 e. The van der Waals surface area contributed by atoms with Gasteiger partial charge in [0, 0.05) is 31.7 Å². The van der Waals surface area contributed by atoms with Gasteiger partial charge in [0.05, 0.1) is 0 Å². The number of piperidine rings is 2. The van der Waals surface area contributed by atoms with E-state index in [1.807, 2.05) is 7.05 Å². The van der Waals surface area contributed by atoms with Crippen molar-refractivity contribution < 1.29 is 0 Å². The van der Waals surface area contributed by atoms with E-state index in [1.54, 1.807) is 0 Å². The quantitative estimate of drug-likeness (QED) is 0.306. The lowest BCUT2D eigenvalue weighted by atomic mass is 9.82. The Morgan fingerprint density at radius 1 is 1.17 bits per heavy atom. The van der Waals surface area contributed by atoms with Crippen LogP contribution in [0.25, 0.3) is 0 Å². The average Bonchev–Trinajstić information content (AvgIpc) is 2.42. The number of rotatable bonds is 4. The predicted octanol–water partition coefficient (Wildman–Crippen LogP) is 3.61. The van der Waals surface area contributed by atoms with E-state index >= 15 is 0 Å². The van der Waals surface area contributed by atoms with Crippen molar-refractivity contribution in [3.8, 4) is 0 Å². The van der Waals surface area contributed by atoms with Gasteiger partial charge in [-0.3, -0.25) is 4.99 Å². The Bertz CT molecular complexity index is 364. The van der Waals surface area contributed by atoms with E-state index in [1.165, 1.54) is 44.9 Å². The molecule has 23 heavy (non-hydrogen) atoms. The topological polar surface area (TPSA) is 39.7 Å². The van der Waals surface area contributed by atoms with Gasteiger partial charge in [0.15, 0.2) is 5.96 Å². The molecule has 2 unspecified atom stereocenters. The first-order valence-corrected chi connectivity index (χ1v) is 9.08. The highest BCUT2D eigenvalue weighted by Crippen LogP contribution is 2.32. The molecule has 2 rings (SSSR count). The van der Waals surface area contributed by atoms with Crippen LogP contribution >= 0.6 is 24.0 Å². The first kappa shape index (κ1) is 21.0. The van der Waals surface area contributed by atoms with E-state index in [9.17, 15) is 0 Å². The van der Waals surface area contributed by atoms with Crippen molar-refractivity contribution in [3.63, 3.8) is 0 Å². The summed E-state index contributed by atoms with van der Waals surface area (Å²) in [7, 11) is 4.19. The van der Waals surface area contributed by atoms with Crippen LogP contribution in [0.2, 0.25) is 0 Å². The Morgan fingerprint density at radius 3 is 2.30 bits per heavy atom. The molecule has 2 aliphatic rings. The summed E-state index contributed by atoms with van der Waals surface area (Å²) in [5.74, 6) is 0.988. The number of halogens is 1. The fourth-order valence-electron chi connectivity index (χ4n) is 3.95. The summed E-state index contributed by atoms with van der Waals surface area (Å²) in [6, 6.07) is 2.12. The van der Waals surface area contributed by atoms with Crippen LogP contribution in [0.3, 0.4) is 0 Å². The monoisotopic (exact) mass is 436 g/mol. The first-order valence-electron chi connectivity index (χ1n) is 9.08. The molecule has 0 spiro atoms. The summed E-state index contributed by atoms with van der Waals surface area (Å²) < 4.78 is 0. The number of hydrogen-bond acceptors (Lipinski definition) is 2. The lowest BCUT2D eigenvalue weighted by Crippen LogP contribution is -2.56. The number of fused-ring (bicyclic) bond motifs is 2. The summed E-state index contributed by atoms with van der Waals surface area (Å²) >= 11 is 0. The molecule has 2 atom stereocenters. The third-order valence-electron chi connectivity index (χ3n) is 5.30. The normalized spacial score (nSPS) is 28.9. The number of hydrogen-bond donors (Lipinski definition) is 2. The Labute approximate surface area is 160 Å². The van der Waals surface area contributed by atoms with E-state index in [0.717, 1.165) is 24.6 Å². The van der Waals surface area contributed by atoms with Crippen molar-refractivity contribution in [1.82, 2.24) is 15.5 Å². The van der Waals surface area contributed by atoms with Gasteiger partial charge in [0.1, 0.15) is 0 Å². The molecule has 0 aromatic carbocycles. The van der Waals surface area contributed by atoms with Gasteiger partial charge in [-0.25, -0.2) is 0 Å². The molecule has 2 fully saturated rings. The minimum atomic E-state index is 0. The molecular weight excluding hydrogens is 399 g/mol. The third kappa shape index (κ3) is 6.77. The molecular formula is C18H37IN4. The van der Waals surface area contributed by atoms with Gasteiger partial charge in [0.2, 0.25) is 0 Å². The minimum Gasteiger partial charge on any atom is -0.356 e. The smallest absolute Gasteiger partial charge is 0.191 e. The summed E-state index contributed by atoms with van der Waals surface area (Å²) in [4.78, 5) is 7.02. The lowest BCUT2D eigenvalue weighted by Gasteiger charge is -2.47. The maximum Gasteiger partial charge on any atom is 0.191 e. The van der Waals surface area contributed by atoms with Gasteiger partial charge in [-0.1, -0.05) is 27.2 Å². The molecule has 2 heterocycles. The molecule has 2 bridgehead atoms. The summed E-state index contributed by atoms with van der Waals surface area (Å²) in [6.45, 7) is 7.92. The molecule has 0 aromatic heterocycles. The predicted molar refractivity (Wildman–Crippen MR) is 111 cm³/mol. The van der Waals surface area contributed by atoms with Crippen molar-refractivity contribution in [2.75, 3.05) is 20.6 Å². The third-order valence-corrected chi connectivity index (χ3v) is 5.30. The Hall–Kier alpha value is -0.0400. The summed E-state index contributed by atoms with van der Waals surface area (Å²) in [6.07, 6.45) is 9.10. The molecule has 2 aliphatic heterocycles. The van der Waals surface area contributed by atoms with Crippen LogP contribution in [0.1, 0.15) is 65.7 Å². The molecule has 0 amide bonds. The summed E-state index contributed by atoms with van der Waals surface area (Å²) in [5.41, 5.74) is 0.421. The van der Waals surface area contributed by atoms with Gasteiger partial charge in [-0.15, -0.1) is 24.0 Å². The van der Waals surface area contributed by atoms with Crippen LogP contribution in [-0.4, -0.2) is 49.6 Å². The highest BCUT2D eigenvalue weighted by molar-refractivity contribution is 14.0. The van der Waals surface area contributed by atoms with E-state index in [2.05, 4.69) is 48.3 Å². The highest BCUT2D eigenvalue weighted by Gasteiger charge is 2.36. The van der Waals surface area contributed by atoms with E-state index < -0.39 is 0 Å². The second kappa shape index (κ2) is 9.44. The van der Waals surface area contributed by atoms with Gasteiger partial charge in [-0.05, 0) is 51.0 Å². The first-order chi connectivity index (χ1) is 10.4. The molecule has 0 radical (unpaired) electrons. The zero-order chi connectivity index (χ0) is 16.2. The van der Waals surface area contributed by atoms with Crippen LogP contribution in [0, 0.1) is 5.41 Å². The number of aliphatic imine (C=N–C) groups is 1. The molecule has 0 aliphatic carbocycles. The molecule has 5 heteroatoms. The van der Waals surface area contributed by atoms with E-state index in [-0.39, 0.29) is 24.0 Å². The Morgan fingerprint density at radius 2 is 1.78 bits per heavy atom. The molecule has 0 aromatic rings. The number of nitrogens with zero attached hydrogens (tertiary/aromatic N) is 2. The van der Waals surface area contributed by atoms with Crippen LogP contribution in [0.15, 0.2) is 4.99 Å². The molecule has 2 saturated heterocycles. The standard InChI is InChI=1S/C18H36N4.HI/c1-18(2,3)10-7-11-20-17(19-4)21-14-12-15-8-6-9-16(13-14)22(15)5;/h14-16H,6-13H2,1-5H3,(H2,19,20,21);1H. The van der Waals surface area contributed by atoms with Crippen molar-refractivity contribution >= 4 is 29.9 Å². The SMILES string of the molecule is CN=C(NCCCC(C)(C)C)NC1CC2CCCC(C1)N2C.I. The maximum atomic E-state index is 4.41. The summed E-state index contributed by atoms with van der Waals surface area (Å²) in [5, 5.41) is 7.16. The van der Waals surface area contributed by atoms with Crippen molar-refractivity contribution in [2.45, 2.75) is 83.8 Å². The van der Waals surface area contributed by atoms with Gasteiger partial charge in [-0.2, -0.15) is 0 Å². The zero-order valence-electron chi connectivity index (χ0n) is 15.7. The van der Waals surface area contributed by atoms with Gasteiger partial charge < -0.3 is 15.5 Å². The van der Waals surface area contributed by atoms with E-state index in [4.69, 9.17) is 0 Å². The molecule has 2 N–H and O–H groups in total. The van der Waals surface area contributed by atoms with Crippen molar-refractivity contribution in [3.05, 3.63) is 0 Å². The van der Waals surface area contributed by atoms with Crippen LogP contribution < -0.4 is 10.6 Å². The fourth-order valence-corrected chi connectivity index (χ4v) is 3.95. The Balaban J connectivity index is 0.00000264. The molecule has 136 valence electrons. The fraction of sp³-hybridized carbons (Fsp3) is 0.944. The lowest BCUT2D eigenvalue weighted by molar-refractivity contribution is 0.0526. The van der Waals surface area contributed by atoms with Crippen LogP contribution in [-0.2, 0) is 0 Å². The Kier molecular flexibility index (Phi) is 8.63. The second-order valence-electron chi connectivity index (χ2n) is 8.38.